The van der Waals surface area contributed by atoms with Crippen LogP contribution in [0.15, 0.2) is 18.2 Å². The number of anilines is 1. The highest BCUT2D eigenvalue weighted by molar-refractivity contribution is 5.95. The molecule has 2 fully saturated rings. The summed E-state index contributed by atoms with van der Waals surface area (Å²) in [5.74, 6) is -0.485. The summed E-state index contributed by atoms with van der Waals surface area (Å²) in [7, 11) is 0. The molecule has 5 nitrogen and oxygen atoms in total. The second kappa shape index (κ2) is 5.35. The van der Waals surface area contributed by atoms with E-state index in [2.05, 4.69) is 0 Å². The maximum Gasteiger partial charge on any atom is 0.246 e. The highest BCUT2D eigenvalue weighted by Gasteiger charge is 2.40. The van der Waals surface area contributed by atoms with Crippen LogP contribution in [0.1, 0.15) is 24.8 Å². The fraction of sp³-hybridized carbons (Fsp3) is 0.467. The lowest BCUT2D eigenvalue weighted by atomic mass is 9.98. The topological polar surface area (TPSA) is 66.6 Å². The van der Waals surface area contributed by atoms with Gasteiger partial charge in [-0.15, -0.1) is 0 Å². The van der Waals surface area contributed by atoms with Crippen molar-refractivity contribution < 1.29 is 14.0 Å². The van der Waals surface area contributed by atoms with E-state index in [0.717, 1.165) is 12.8 Å². The third-order valence-corrected chi connectivity index (χ3v) is 4.21. The number of piperidine rings is 1. The van der Waals surface area contributed by atoms with E-state index in [1.54, 1.807) is 4.90 Å². The number of hydrogen-bond donors (Lipinski definition) is 1. The molecule has 2 heterocycles. The number of nitrogens with zero attached hydrogens (tertiary/aromatic N) is 2. The summed E-state index contributed by atoms with van der Waals surface area (Å²) < 4.78 is 13.3. The zero-order valence-corrected chi connectivity index (χ0v) is 11.7. The van der Waals surface area contributed by atoms with Gasteiger partial charge in [-0.3, -0.25) is 9.59 Å². The average molecular weight is 291 g/mol. The largest absolute Gasteiger partial charge is 0.398 e. The molecule has 1 aromatic carbocycles. The molecular formula is C15H18FN3O2. The number of hydrogen-bond acceptors (Lipinski definition) is 3. The molecular weight excluding hydrogens is 273 g/mol. The molecule has 3 rings (SSSR count). The first-order valence-electron chi connectivity index (χ1n) is 7.18. The van der Waals surface area contributed by atoms with Crippen LogP contribution in [0.4, 0.5) is 10.1 Å². The van der Waals surface area contributed by atoms with Crippen LogP contribution in [0.25, 0.3) is 0 Å². The summed E-state index contributed by atoms with van der Waals surface area (Å²) >= 11 is 0. The van der Waals surface area contributed by atoms with Crippen LogP contribution in [0.3, 0.4) is 0 Å². The van der Waals surface area contributed by atoms with Crippen molar-refractivity contribution in [1.82, 2.24) is 9.80 Å². The van der Waals surface area contributed by atoms with E-state index < -0.39 is 5.82 Å². The van der Waals surface area contributed by atoms with Gasteiger partial charge in [0.1, 0.15) is 18.4 Å². The Bertz CT molecular complexity index is 590. The number of piperazine rings is 1. The number of benzene rings is 1. The molecule has 0 aliphatic carbocycles. The Kier molecular flexibility index (Phi) is 3.53. The molecule has 0 aromatic heterocycles. The van der Waals surface area contributed by atoms with Gasteiger partial charge in [-0.25, -0.2) is 4.39 Å². The summed E-state index contributed by atoms with van der Waals surface area (Å²) in [6, 6.07) is 3.73. The van der Waals surface area contributed by atoms with Crippen molar-refractivity contribution in [3.8, 4) is 0 Å². The van der Waals surface area contributed by atoms with E-state index in [4.69, 9.17) is 5.73 Å². The zero-order valence-electron chi connectivity index (χ0n) is 11.7. The van der Waals surface area contributed by atoms with Gasteiger partial charge < -0.3 is 15.5 Å². The van der Waals surface area contributed by atoms with E-state index in [9.17, 15) is 14.0 Å². The SMILES string of the molecule is Nc1ccc(F)cc1CN1CC(=O)N2CCCCC2C1=O. The Labute approximate surface area is 122 Å². The number of nitrogen functional groups attached to an aromatic ring is 1. The molecule has 1 unspecified atom stereocenters. The first-order valence-corrected chi connectivity index (χ1v) is 7.18. The van der Waals surface area contributed by atoms with Crippen molar-refractivity contribution in [2.75, 3.05) is 18.8 Å². The average Bonchev–Trinajstić information content (AvgIpc) is 2.48. The van der Waals surface area contributed by atoms with Crippen molar-refractivity contribution >= 4 is 17.5 Å². The maximum absolute atomic E-state index is 13.3. The molecule has 0 spiro atoms. The molecule has 6 heteroatoms. The zero-order chi connectivity index (χ0) is 15.0. The normalized spacial score (nSPS) is 22.4. The number of carbonyl (C=O) groups is 2. The van der Waals surface area contributed by atoms with E-state index in [-0.39, 0.29) is 30.9 Å². The highest BCUT2D eigenvalue weighted by Crippen LogP contribution is 2.25. The number of nitrogens with two attached hydrogens (primary N) is 1. The number of rotatable bonds is 2. The van der Waals surface area contributed by atoms with E-state index >= 15 is 0 Å². The molecule has 112 valence electrons. The van der Waals surface area contributed by atoms with Gasteiger partial charge in [-0.2, -0.15) is 0 Å². The van der Waals surface area contributed by atoms with Crippen LogP contribution < -0.4 is 5.73 Å². The van der Waals surface area contributed by atoms with Gasteiger partial charge in [0, 0.05) is 18.8 Å². The monoisotopic (exact) mass is 291 g/mol. The van der Waals surface area contributed by atoms with Crippen LogP contribution in [0.2, 0.25) is 0 Å². The van der Waals surface area contributed by atoms with Gasteiger partial charge in [0.25, 0.3) is 0 Å². The molecule has 0 bridgehead atoms. The molecule has 0 saturated carbocycles. The van der Waals surface area contributed by atoms with Crippen LogP contribution in [-0.4, -0.2) is 40.7 Å². The summed E-state index contributed by atoms with van der Waals surface area (Å²) in [6.07, 6.45) is 2.61. The van der Waals surface area contributed by atoms with Gasteiger partial charge in [0.05, 0.1) is 0 Å². The van der Waals surface area contributed by atoms with Crippen molar-refractivity contribution in [2.24, 2.45) is 0 Å². The van der Waals surface area contributed by atoms with Crippen molar-refractivity contribution in [3.63, 3.8) is 0 Å². The number of carbonyl (C=O) groups excluding carboxylic acids is 2. The fourth-order valence-electron chi connectivity index (χ4n) is 3.08. The molecule has 21 heavy (non-hydrogen) atoms. The van der Waals surface area contributed by atoms with Crippen LogP contribution in [0.5, 0.6) is 0 Å². The summed E-state index contributed by atoms with van der Waals surface area (Å²) in [6.45, 7) is 0.884. The minimum atomic E-state index is -0.394. The molecule has 2 aliphatic heterocycles. The number of fused-ring (bicyclic) bond motifs is 1. The molecule has 1 atom stereocenters. The first-order chi connectivity index (χ1) is 10.1. The summed E-state index contributed by atoms with van der Waals surface area (Å²) in [5, 5.41) is 0. The third kappa shape index (κ3) is 2.57. The summed E-state index contributed by atoms with van der Waals surface area (Å²) in [5.41, 5.74) is 6.79. The Morgan fingerprint density at radius 2 is 2.10 bits per heavy atom. The summed E-state index contributed by atoms with van der Waals surface area (Å²) in [4.78, 5) is 27.8. The standard InChI is InChI=1S/C15H18FN3O2/c16-11-4-5-12(17)10(7-11)8-18-9-14(20)19-6-2-1-3-13(19)15(18)21/h4-5,7,13H,1-3,6,8-9,17H2. The van der Waals surface area contributed by atoms with Crippen LogP contribution in [0, 0.1) is 5.82 Å². The Balaban J connectivity index is 1.81. The predicted molar refractivity (Wildman–Crippen MR) is 75.6 cm³/mol. The lowest BCUT2D eigenvalue weighted by molar-refractivity contribution is -0.158. The van der Waals surface area contributed by atoms with Gasteiger partial charge in [0.2, 0.25) is 11.8 Å². The van der Waals surface area contributed by atoms with E-state index in [0.29, 0.717) is 24.2 Å². The van der Waals surface area contributed by atoms with Crippen LogP contribution >= 0.6 is 0 Å². The fourth-order valence-corrected chi connectivity index (χ4v) is 3.08. The number of amides is 2. The van der Waals surface area contributed by atoms with Crippen molar-refractivity contribution in [1.29, 1.82) is 0 Å². The van der Waals surface area contributed by atoms with Crippen molar-refractivity contribution in [2.45, 2.75) is 31.8 Å². The van der Waals surface area contributed by atoms with E-state index in [1.165, 1.54) is 23.1 Å². The Morgan fingerprint density at radius 1 is 1.29 bits per heavy atom. The van der Waals surface area contributed by atoms with Crippen molar-refractivity contribution in [3.05, 3.63) is 29.6 Å². The molecule has 2 amide bonds. The smallest absolute Gasteiger partial charge is 0.246 e. The Morgan fingerprint density at radius 3 is 2.90 bits per heavy atom. The third-order valence-electron chi connectivity index (χ3n) is 4.21. The second-order valence-electron chi connectivity index (χ2n) is 5.64. The first kappa shape index (κ1) is 13.9. The van der Waals surface area contributed by atoms with Gasteiger partial charge in [-0.1, -0.05) is 0 Å². The predicted octanol–water partition coefficient (Wildman–Crippen LogP) is 1.13. The lowest BCUT2D eigenvalue weighted by Crippen LogP contribution is -2.60. The highest BCUT2D eigenvalue weighted by atomic mass is 19.1. The molecule has 1 aromatic rings. The van der Waals surface area contributed by atoms with E-state index in [1.807, 2.05) is 0 Å². The minimum Gasteiger partial charge on any atom is -0.398 e. The maximum atomic E-state index is 13.3. The molecule has 2 saturated heterocycles. The minimum absolute atomic E-state index is 0.0331. The van der Waals surface area contributed by atoms with Crippen LogP contribution in [-0.2, 0) is 16.1 Å². The number of halogens is 1. The Hall–Kier alpha value is -2.11. The lowest BCUT2D eigenvalue weighted by Gasteiger charge is -2.42. The van der Waals surface area contributed by atoms with Gasteiger partial charge in [-0.05, 0) is 43.0 Å². The molecule has 2 N–H and O–H groups in total. The van der Waals surface area contributed by atoms with Gasteiger partial charge >= 0.3 is 0 Å². The quantitative estimate of drug-likeness (QED) is 0.831. The van der Waals surface area contributed by atoms with Gasteiger partial charge in [0.15, 0.2) is 0 Å². The second-order valence-corrected chi connectivity index (χ2v) is 5.64. The molecule has 2 aliphatic rings. The molecule has 0 radical (unpaired) electrons.